The van der Waals surface area contributed by atoms with Crippen LogP contribution in [0.2, 0.25) is 0 Å². The Labute approximate surface area is 220 Å². The number of phenols is 1. The van der Waals surface area contributed by atoms with Crippen molar-refractivity contribution in [2.75, 3.05) is 0 Å². The summed E-state index contributed by atoms with van der Waals surface area (Å²) in [7, 11) is 0. The summed E-state index contributed by atoms with van der Waals surface area (Å²) in [5.74, 6) is 0.855. The van der Waals surface area contributed by atoms with Crippen molar-refractivity contribution in [3.05, 3.63) is 120 Å². The molecule has 2 aromatic heterocycles. The number of nitriles is 1. The van der Waals surface area contributed by atoms with Gasteiger partial charge in [0.25, 0.3) is 0 Å². The average Bonchev–Trinajstić information content (AvgIpc) is 3.32. The number of nitrogens with zero attached hydrogens (tertiary/aromatic N) is 4. The van der Waals surface area contributed by atoms with Gasteiger partial charge in [-0.05, 0) is 66.9 Å². The third kappa shape index (κ3) is 3.80. The van der Waals surface area contributed by atoms with E-state index in [0.717, 1.165) is 44.5 Å². The second-order valence-corrected chi connectivity index (χ2v) is 9.29. The van der Waals surface area contributed by atoms with Gasteiger partial charge in [-0.1, -0.05) is 60.7 Å². The molecular weight excluding hydrogens is 468 g/mol. The largest absolute Gasteiger partial charge is 0.507 e. The molecule has 0 saturated carbocycles. The van der Waals surface area contributed by atoms with Crippen LogP contribution in [0.25, 0.3) is 50.5 Å². The monoisotopic (exact) mass is 492 g/mol. The molecule has 0 unspecified atom stereocenters. The maximum atomic E-state index is 10.8. The number of hydrogen-bond donors (Lipinski definition) is 1. The molecule has 0 radical (unpaired) electrons. The lowest BCUT2D eigenvalue weighted by Crippen LogP contribution is -2.02. The topological polar surface area (TPSA) is 74.7 Å². The van der Waals surface area contributed by atoms with Crippen LogP contribution in [-0.4, -0.2) is 19.6 Å². The highest BCUT2D eigenvalue weighted by Gasteiger charge is 2.21. The molecule has 6 rings (SSSR count). The standard InChI is InChI=1S/C33H24N4O/c1-21-9-5-10-22(2)32(21)37-28-16-7-15-26(31(28)36-33(37)27-14-3-4-17-29(27)38)23-11-6-12-24(19-23)30-25(20-34)13-8-18-35-30/h3-19,38H,1-2H3. The molecular formula is C33H24N4O. The molecule has 4 aromatic carbocycles. The molecule has 2 heterocycles. The lowest BCUT2D eigenvalue weighted by Gasteiger charge is -2.16. The van der Waals surface area contributed by atoms with Crippen LogP contribution in [-0.2, 0) is 0 Å². The molecule has 0 saturated heterocycles. The van der Waals surface area contributed by atoms with Crippen LogP contribution in [0.15, 0.2) is 103 Å². The fourth-order valence-corrected chi connectivity index (χ4v) is 5.12. The van der Waals surface area contributed by atoms with Crippen molar-refractivity contribution in [2.24, 2.45) is 0 Å². The summed E-state index contributed by atoms with van der Waals surface area (Å²) in [5, 5.41) is 20.4. The smallest absolute Gasteiger partial charge is 0.149 e. The highest BCUT2D eigenvalue weighted by molar-refractivity contribution is 5.96. The van der Waals surface area contributed by atoms with Crippen LogP contribution in [0.5, 0.6) is 5.75 Å². The summed E-state index contributed by atoms with van der Waals surface area (Å²) in [4.78, 5) is 9.62. The second kappa shape index (κ2) is 9.34. The van der Waals surface area contributed by atoms with Crippen molar-refractivity contribution in [1.29, 1.82) is 5.26 Å². The predicted octanol–water partition coefficient (Wildman–Crippen LogP) is 7.62. The zero-order chi connectivity index (χ0) is 26.2. The van der Waals surface area contributed by atoms with Crippen molar-refractivity contribution >= 4 is 11.0 Å². The molecule has 6 aromatic rings. The van der Waals surface area contributed by atoms with Crippen molar-refractivity contribution < 1.29 is 5.11 Å². The summed E-state index contributed by atoms with van der Waals surface area (Å²) >= 11 is 0. The SMILES string of the molecule is Cc1cccc(C)c1-n1c(-c2ccccc2O)nc2c(-c3cccc(-c4ncccc4C#N)c3)cccc21. The van der Waals surface area contributed by atoms with E-state index >= 15 is 0 Å². The number of aryl methyl sites for hydroxylation is 2. The first-order chi connectivity index (χ1) is 18.6. The molecule has 0 atom stereocenters. The molecule has 5 heteroatoms. The second-order valence-electron chi connectivity index (χ2n) is 9.29. The Hall–Kier alpha value is -5.21. The third-order valence-electron chi connectivity index (χ3n) is 6.87. The first kappa shape index (κ1) is 23.2. The number of aromatic hydroxyl groups is 1. The zero-order valence-corrected chi connectivity index (χ0v) is 21.1. The highest BCUT2D eigenvalue weighted by Crippen LogP contribution is 2.39. The molecule has 0 fully saturated rings. The van der Waals surface area contributed by atoms with E-state index in [2.05, 4.69) is 65.9 Å². The van der Waals surface area contributed by atoms with Crippen molar-refractivity contribution in [3.8, 4) is 51.3 Å². The number of pyridine rings is 1. The van der Waals surface area contributed by atoms with Crippen LogP contribution in [0.4, 0.5) is 0 Å². The van der Waals surface area contributed by atoms with Gasteiger partial charge in [0.15, 0.2) is 0 Å². The Morgan fingerprint density at radius 1 is 0.763 bits per heavy atom. The van der Waals surface area contributed by atoms with Gasteiger partial charge in [0, 0.05) is 17.3 Å². The van der Waals surface area contributed by atoms with E-state index in [1.165, 1.54) is 0 Å². The number of fused-ring (bicyclic) bond motifs is 1. The molecule has 0 bridgehead atoms. The molecule has 0 aliphatic carbocycles. The van der Waals surface area contributed by atoms with Crippen LogP contribution in [0.3, 0.4) is 0 Å². The molecule has 0 aliphatic heterocycles. The summed E-state index contributed by atoms with van der Waals surface area (Å²) in [6.45, 7) is 4.19. The zero-order valence-electron chi connectivity index (χ0n) is 21.1. The minimum Gasteiger partial charge on any atom is -0.507 e. The number of benzene rings is 4. The molecule has 0 aliphatic rings. The Bertz CT molecular complexity index is 1860. The Balaban J connectivity index is 1.64. The van der Waals surface area contributed by atoms with Crippen molar-refractivity contribution in [3.63, 3.8) is 0 Å². The molecule has 38 heavy (non-hydrogen) atoms. The summed E-state index contributed by atoms with van der Waals surface area (Å²) in [6.07, 6.45) is 1.70. The van der Waals surface area contributed by atoms with Gasteiger partial charge >= 0.3 is 0 Å². The van der Waals surface area contributed by atoms with Crippen LogP contribution < -0.4 is 0 Å². The normalized spacial score (nSPS) is 11.0. The highest BCUT2D eigenvalue weighted by atomic mass is 16.3. The van der Waals surface area contributed by atoms with Gasteiger partial charge in [0.1, 0.15) is 17.6 Å². The van der Waals surface area contributed by atoms with Gasteiger partial charge in [-0.3, -0.25) is 9.55 Å². The summed E-state index contributed by atoms with van der Waals surface area (Å²) in [5.41, 5.74) is 9.70. The first-order valence-corrected chi connectivity index (χ1v) is 12.4. The summed E-state index contributed by atoms with van der Waals surface area (Å²) < 4.78 is 2.15. The minimum atomic E-state index is 0.179. The van der Waals surface area contributed by atoms with Gasteiger partial charge in [0.05, 0.1) is 33.5 Å². The number of para-hydroxylation sites is 3. The molecule has 1 N–H and O–H groups in total. The number of hydrogen-bond acceptors (Lipinski definition) is 4. The van der Waals surface area contributed by atoms with Crippen LogP contribution in [0, 0.1) is 25.2 Å². The third-order valence-corrected chi connectivity index (χ3v) is 6.87. The number of imidazole rings is 1. The van der Waals surface area contributed by atoms with Crippen LogP contribution >= 0.6 is 0 Å². The van der Waals surface area contributed by atoms with Crippen molar-refractivity contribution in [1.82, 2.24) is 14.5 Å². The molecule has 0 spiro atoms. The van der Waals surface area contributed by atoms with E-state index in [1.807, 2.05) is 42.5 Å². The lowest BCUT2D eigenvalue weighted by molar-refractivity contribution is 0.477. The number of rotatable bonds is 4. The Kier molecular flexibility index (Phi) is 5.71. The number of aromatic nitrogens is 3. The van der Waals surface area contributed by atoms with Crippen LogP contribution in [0.1, 0.15) is 16.7 Å². The first-order valence-electron chi connectivity index (χ1n) is 12.4. The minimum absolute atomic E-state index is 0.179. The van der Waals surface area contributed by atoms with Crippen molar-refractivity contribution in [2.45, 2.75) is 13.8 Å². The van der Waals surface area contributed by atoms with E-state index in [9.17, 15) is 10.4 Å². The van der Waals surface area contributed by atoms with Gasteiger partial charge in [-0.2, -0.15) is 5.26 Å². The van der Waals surface area contributed by atoms with Gasteiger partial charge in [-0.25, -0.2) is 4.98 Å². The molecule has 5 nitrogen and oxygen atoms in total. The van der Waals surface area contributed by atoms with E-state index in [1.54, 1.807) is 24.4 Å². The van der Waals surface area contributed by atoms with Gasteiger partial charge < -0.3 is 5.11 Å². The quantitative estimate of drug-likeness (QED) is 0.275. The number of phenolic OH excluding ortho intramolecular Hbond substituents is 1. The van der Waals surface area contributed by atoms with E-state index in [0.29, 0.717) is 22.6 Å². The van der Waals surface area contributed by atoms with Gasteiger partial charge in [-0.15, -0.1) is 0 Å². The fourth-order valence-electron chi connectivity index (χ4n) is 5.12. The fraction of sp³-hybridized carbons (Fsp3) is 0.0606. The lowest BCUT2D eigenvalue weighted by atomic mass is 9.99. The Morgan fingerprint density at radius 3 is 2.26 bits per heavy atom. The molecule has 0 amide bonds. The maximum Gasteiger partial charge on any atom is 0.149 e. The summed E-state index contributed by atoms with van der Waals surface area (Å²) in [6, 6.07) is 33.5. The predicted molar refractivity (Wildman–Crippen MR) is 151 cm³/mol. The molecule has 182 valence electrons. The Morgan fingerprint density at radius 2 is 1.47 bits per heavy atom. The van der Waals surface area contributed by atoms with E-state index < -0.39 is 0 Å². The van der Waals surface area contributed by atoms with Gasteiger partial charge in [0.2, 0.25) is 0 Å². The van der Waals surface area contributed by atoms with E-state index in [4.69, 9.17) is 4.98 Å². The maximum absolute atomic E-state index is 10.8. The van der Waals surface area contributed by atoms with E-state index in [-0.39, 0.29) is 5.75 Å². The average molecular weight is 493 g/mol.